The van der Waals surface area contributed by atoms with E-state index < -0.39 is 0 Å². The summed E-state index contributed by atoms with van der Waals surface area (Å²) in [5.74, 6) is 2.12. The van der Waals surface area contributed by atoms with Gasteiger partial charge in [0.05, 0.1) is 5.69 Å². The molecule has 0 amide bonds. The van der Waals surface area contributed by atoms with Crippen LogP contribution >= 0.6 is 0 Å². The zero-order valence-corrected chi connectivity index (χ0v) is 17.7. The molecular weight excluding hydrogens is 356 g/mol. The summed E-state index contributed by atoms with van der Waals surface area (Å²) in [5, 5.41) is 3.57. The van der Waals surface area contributed by atoms with Crippen molar-refractivity contribution in [2.45, 2.75) is 71.1 Å². The number of hydrogen-bond donors (Lipinski definition) is 1. The molecule has 29 heavy (non-hydrogen) atoms. The van der Waals surface area contributed by atoms with Crippen LogP contribution < -0.4 is 5.32 Å². The number of fused-ring (bicyclic) bond motifs is 1. The standard InChI is InChI=1S/C26H30N2O/c1-4-19-20-11-12-21(18-10-6-9-17(13-18)16-7-5-8-16)27-25(20)28-22-14-26(2,3)15-23(29)24(19)22/h6,9-13,16,19H,4-5,7-8,14-15H2,1-3H3,(H,27,28). The molecule has 1 atom stereocenters. The molecule has 1 saturated carbocycles. The molecule has 1 aromatic carbocycles. The predicted molar refractivity (Wildman–Crippen MR) is 118 cm³/mol. The van der Waals surface area contributed by atoms with E-state index in [2.05, 4.69) is 62.5 Å². The van der Waals surface area contributed by atoms with Crippen LogP contribution in [0.3, 0.4) is 0 Å². The highest BCUT2D eigenvalue weighted by Gasteiger charge is 2.39. The summed E-state index contributed by atoms with van der Waals surface area (Å²) in [5.41, 5.74) is 6.91. The molecule has 1 fully saturated rings. The molecule has 1 N–H and O–H groups in total. The third-order valence-electron chi connectivity index (χ3n) is 7.01. The third-order valence-corrected chi connectivity index (χ3v) is 7.01. The average Bonchev–Trinajstić information content (AvgIpc) is 2.63. The molecule has 2 heterocycles. The number of benzene rings is 1. The van der Waals surface area contributed by atoms with E-state index in [0.717, 1.165) is 41.5 Å². The fourth-order valence-electron chi connectivity index (χ4n) is 5.28. The number of nitrogens with one attached hydrogen (secondary N) is 1. The molecule has 1 unspecified atom stereocenters. The van der Waals surface area contributed by atoms with Crippen LogP contribution in [-0.4, -0.2) is 10.8 Å². The lowest BCUT2D eigenvalue weighted by Gasteiger charge is -2.38. The molecule has 3 heteroatoms. The molecule has 0 saturated heterocycles. The maximum atomic E-state index is 12.9. The number of allylic oxidation sites excluding steroid dienone is 2. The summed E-state index contributed by atoms with van der Waals surface area (Å²) >= 11 is 0. The second-order valence-electron chi connectivity index (χ2n) is 9.81. The number of hydrogen-bond acceptors (Lipinski definition) is 3. The number of Topliss-reactive ketones (excluding diaryl/α,β-unsaturated/α-hetero) is 1. The minimum absolute atomic E-state index is 0.00737. The predicted octanol–water partition coefficient (Wildman–Crippen LogP) is 6.58. The van der Waals surface area contributed by atoms with E-state index in [-0.39, 0.29) is 11.3 Å². The quantitative estimate of drug-likeness (QED) is 0.648. The summed E-state index contributed by atoms with van der Waals surface area (Å²) in [6, 6.07) is 13.2. The molecule has 1 aromatic heterocycles. The van der Waals surface area contributed by atoms with Crippen molar-refractivity contribution in [3.63, 3.8) is 0 Å². The molecule has 0 bridgehead atoms. The fraction of sp³-hybridized carbons (Fsp3) is 0.462. The number of anilines is 1. The van der Waals surface area contributed by atoms with Gasteiger partial charge in [-0.15, -0.1) is 0 Å². The van der Waals surface area contributed by atoms with E-state index in [1.54, 1.807) is 0 Å². The van der Waals surface area contributed by atoms with E-state index in [9.17, 15) is 4.79 Å². The van der Waals surface area contributed by atoms with Crippen LogP contribution in [0.1, 0.15) is 82.3 Å². The summed E-state index contributed by atoms with van der Waals surface area (Å²) in [4.78, 5) is 18.0. The fourth-order valence-corrected chi connectivity index (χ4v) is 5.28. The monoisotopic (exact) mass is 386 g/mol. The van der Waals surface area contributed by atoms with Crippen molar-refractivity contribution in [1.29, 1.82) is 0 Å². The van der Waals surface area contributed by atoms with Crippen molar-refractivity contribution in [2.24, 2.45) is 5.41 Å². The topological polar surface area (TPSA) is 42.0 Å². The number of carbonyl (C=O) groups excluding carboxylic acids is 1. The molecule has 0 radical (unpaired) electrons. The largest absolute Gasteiger partial charge is 0.343 e. The lowest BCUT2D eigenvalue weighted by Crippen LogP contribution is -2.33. The number of rotatable bonds is 3. The minimum atomic E-state index is 0.00737. The highest BCUT2D eigenvalue weighted by Crippen LogP contribution is 2.47. The maximum Gasteiger partial charge on any atom is 0.161 e. The van der Waals surface area contributed by atoms with Crippen LogP contribution in [0.5, 0.6) is 0 Å². The van der Waals surface area contributed by atoms with Crippen molar-refractivity contribution in [2.75, 3.05) is 5.32 Å². The maximum absolute atomic E-state index is 12.9. The van der Waals surface area contributed by atoms with Gasteiger partial charge >= 0.3 is 0 Å². The zero-order chi connectivity index (χ0) is 20.2. The van der Waals surface area contributed by atoms with E-state index in [1.165, 1.54) is 36.0 Å². The Morgan fingerprint density at radius 2 is 1.97 bits per heavy atom. The molecule has 2 aliphatic carbocycles. The Hall–Kier alpha value is -2.42. The summed E-state index contributed by atoms with van der Waals surface area (Å²) in [6.07, 6.45) is 6.44. The SMILES string of the molecule is CCC1C2=C(CC(C)(C)CC2=O)Nc2nc(-c3cccc(C4CCC4)c3)ccc21. The van der Waals surface area contributed by atoms with Crippen molar-refractivity contribution in [3.05, 3.63) is 58.8 Å². The van der Waals surface area contributed by atoms with E-state index in [4.69, 9.17) is 4.98 Å². The smallest absolute Gasteiger partial charge is 0.161 e. The van der Waals surface area contributed by atoms with E-state index in [1.807, 2.05) is 0 Å². The Bertz CT molecular complexity index is 1010. The van der Waals surface area contributed by atoms with Gasteiger partial charge < -0.3 is 5.32 Å². The lowest BCUT2D eigenvalue weighted by molar-refractivity contribution is -0.118. The van der Waals surface area contributed by atoms with Gasteiger partial charge in [0.15, 0.2) is 5.78 Å². The Balaban J connectivity index is 1.53. The van der Waals surface area contributed by atoms with Crippen LogP contribution in [0.15, 0.2) is 47.7 Å². The molecule has 5 rings (SSSR count). The van der Waals surface area contributed by atoms with Crippen LogP contribution in [0, 0.1) is 5.41 Å². The number of ketones is 1. The van der Waals surface area contributed by atoms with Gasteiger partial charge in [0, 0.05) is 34.7 Å². The van der Waals surface area contributed by atoms with Crippen LogP contribution in [0.25, 0.3) is 11.3 Å². The van der Waals surface area contributed by atoms with Crippen molar-refractivity contribution < 1.29 is 4.79 Å². The molecule has 150 valence electrons. The van der Waals surface area contributed by atoms with Gasteiger partial charge in [-0.05, 0) is 54.7 Å². The van der Waals surface area contributed by atoms with Crippen molar-refractivity contribution >= 4 is 11.6 Å². The second-order valence-corrected chi connectivity index (χ2v) is 9.81. The first kappa shape index (κ1) is 18.6. The van der Waals surface area contributed by atoms with Gasteiger partial charge in [-0.2, -0.15) is 0 Å². The van der Waals surface area contributed by atoms with E-state index >= 15 is 0 Å². The Morgan fingerprint density at radius 1 is 1.14 bits per heavy atom. The first-order chi connectivity index (χ1) is 13.9. The van der Waals surface area contributed by atoms with E-state index in [0.29, 0.717) is 12.2 Å². The number of carbonyl (C=O) groups is 1. The number of nitrogens with zero attached hydrogens (tertiary/aromatic N) is 1. The summed E-state index contributed by atoms with van der Waals surface area (Å²) in [6.45, 7) is 6.54. The number of aromatic nitrogens is 1. The van der Waals surface area contributed by atoms with Crippen molar-refractivity contribution in [1.82, 2.24) is 4.98 Å². The molecule has 3 aliphatic rings. The first-order valence-corrected chi connectivity index (χ1v) is 11.1. The summed E-state index contributed by atoms with van der Waals surface area (Å²) < 4.78 is 0. The van der Waals surface area contributed by atoms with Crippen molar-refractivity contribution in [3.8, 4) is 11.3 Å². The highest BCUT2D eigenvalue weighted by molar-refractivity contribution is 6.00. The molecule has 0 spiro atoms. The molecule has 1 aliphatic heterocycles. The van der Waals surface area contributed by atoms with Gasteiger partial charge in [-0.25, -0.2) is 4.98 Å². The van der Waals surface area contributed by atoms with Gasteiger partial charge in [-0.3, -0.25) is 4.79 Å². The number of pyridine rings is 1. The third kappa shape index (κ3) is 3.21. The Labute approximate surface area is 173 Å². The van der Waals surface area contributed by atoms with Crippen LogP contribution in [0.4, 0.5) is 5.82 Å². The molecule has 2 aromatic rings. The van der Waals surface area contributed by atoms with Gasteiger partial charge in [0.1, 0.15) is 5.82 Å². The summed E-state index contributed by atoms with van der Waals surface area (Å²) in [7, 11) is 0. The van der Waals surface area contributed by atoms with Gasteiger partial charge in [-0.1, -0.05) is 51.5 Å². The Morgan fingerprint density at radius 3 is 2.69 bits per heavy atom. The highest BCUT2D eigenvalue weighted by atomic mass is 16.1. The lowest BCUT2D eigenvalue weighted by atomic mass is 9.70. The first-order valence-electron chi connectivity index (χ1n) is 11.1. The second kappa shape index (κ2) is 6.83. The molecular formula is C26H30N2O. The minimum Gasteiger partial charge on any atom is -0.343 e. The van der Waals surface area contributed by atoms with Crippen LogP contribution in [-0.2, 0) is 4.79 Å². The van der Waals surface area contributed by atoms with Gasteiger partial charge in [0.2, 0.25) is 0 Å². The van der Waals surface area contributed by atoms with Crippen LogP contribution in [0.2, 0.25) is 0 Å². The average molecular weight is 387 g/mol. The normalized spacial score (nSPS) is 23.1. The zero-order valence-electron chi connectivity index (χ0n) is 17.7. The Kier molecular flexibility index (Phi) is 4.38. The molecule has 3 nitrogen and oxygen atoms in total. The van der Waals surface area contributed by atoms with Gasteiger partial charge in [0.25, 0.3) is 0 Å².